The van der Waals surface area contributed by atoms with E-state index >= 15 is 0 Å². The van der Waals surface area contributed by atoms with Crippen molar-refractivity contribution in [2.45, 2.75) is 24.2 Å². The van der Waals surface area contributed by atoms with Gasteiger partial charge in [-0.2, -0.15) is 0 Å². The van der Waals surface area contributed by atoms with Crippen LogP contribution in [0.15, 0.2) is 211 Å². The van der Waals surface area contributed by atoms with Crippen molar-refractivity contribution in [2.24, 2.45) is 4.99 Å². The van der Waals surface area contributed by atoms with Gasteiger partial charge in [0.1, 0.15) is 6.67 Å². The third-order valence-electron chi connectivity index (χ3n) is 12.5. The Morgan fingerprint density at radius 3 is 1.86 bits per heavy atom. The number of para-hydroxylation sites is 1. The summed E-state index contributed by atoms with van der Waals surface area (Å²) < 4.78 is 2.45. The van der Waals surface area contributed by atoms with E-state index < -0.39 is 5.41 Å². The Morgan fingerprint density at radius 1 is 0.509 bits per heavy atom. The van der Waals surface area contributed by atoms with Gasteiger partial charge in [-0.15, -0.1) is 0 Å². The zero-order valence-electron chi connectivity index (χ0n) is 31.8. The van der Waals surface area contributed by atoms with Crippen LogP contribution < -0.4 is 0 Å². The van der Waals surface area contributed by atoms with Crippen molar-refractivity contribution in [3.63, 3.8) is 0 Å². The number of likely N-dealkylation sites (N-methyl/N-ethyl adjacent to an activating group) is 1. The van der Waals surface area contributed by atoms with E-state index in [1.54, 1.807) is 0 Å². The van der Waals surface area contributed by atoms with Crippen molar-refractivity contribution in [3.05, 3.63) is 240 Å². The van der Waals surface area contributed by atoms with E-state index in [4.69, 9.17) is 4.99 Å². The Bertz CT molecular complexity index is 2910. The van der Waals surface area contributed by atoms with Crippen molar-refractivity contribution in [1.82, 2.24) is 9.47 Å². The van der Waals surface area contributed by atoms with Crippen LogP contribution in [0.3, 0.4) is 0 Å². The largest absolute Gasteiger partial charge is 0.320 e. The molecule has 1 aliphatic heterocycles. The van der Waals surface area contributed by atoms with Crippen LogP contribution in [0.2, 0.25) is 0 Å². The average molecular weight is 732 g/mol. The third-order valence-corrected chi connectivity index (χ3v) is 12.5. The molecule has 0 spiro atoms. The number of hydrogen-bond donors (Lipinski definition) is 0. The molecule has 272 valence electrons. The molecule has 3 unspecified atom stereocenters. The number of benzene rings is 8. The molecule has 3 atom stereocenters. The molecule has 8 aromatic carbocycles. The predicted molar refractivity (Wildman–Crippen MR) is 236 cm³/mol. The van der Waals surface area contributed by atoms with Crippen molar-refractivity contribution in [3.8, 4) is 22.3 Å². The summed E-state index contributed by atoms with van der Waals surface area (Å²) in [5.74, 6) is 0. The zero-order valence-corrected chi connectivity index (χ0v) is 31.8. The van der Waals surface area contributed by atoms with Crippen molar-refractivity contribution in [1.29, 1.82) is 0 Å². The molecule has 1 aliphatic carbocycles. The summed E-state index contributed by atoms with van der Waals surface area (Å²) in [6.45, 7) is 0.496. The first-order valence-electron chi connectivity index (χ1n) is 20.0. The molecule has 1 aromatic heterocycles. The van der Waals surface area contributed by atoms with Crippen LogP contribution in [-0.4, -0.2) is 28.3 Å². The Hall–Kier alpha value is -6.81. The second kappa shape index (κ2) is 13.4. The lowest BCUT2D eigenvalue weighted by atomic mass is 9.67. The number of aromatic nitrogens is 1. The molecule has 3 nitrogen and oxygen atoms in total. The Morgan fingerprint density at radius 2 is 1.12 bits per heavy atom. The van der Waals surface area contributed by atoms with Crippen LogP contribution in [0.1, 0.15) is 39.4 Å². The Balaban J connectivity index is 1.13. The van der Waals surface area contributed by atoms with E-state index in [1.165, 1.54) is 71.9 Å². The summed E-state index contributed by atoms with van der Waals surface area (Å²) >= 11 is 0. The van der Waals surface area contributed by atoms with Gasteiger partial charge in [0.2, 0.25) is 0 Å². The number of fused-ring (bicyclic) bond motifs is 6. The molecular weight excluding hydrogens is 691 g/mol. The molecule has 0 bridgehead atoms. The van der Waals surface area contributed by atoms with Gasteiger partial charge in [-0.3, -0.25) is 9.89 Å². The SMILES string of the molecule is CN1C(C(=NCn2c3ccccc3c3cc4c(cc32)C(c2ccccc2)(c2ccccc2)c2ccccc2-4)c2cccc(-c3ccccc3)c2)C1c1ccccc1. The van der Waals surface area contributed by atoms with Crippen molar-refractivity contribution >= 4 is 27.5 Å². The van der Waals surface area contributed by atoms with E-state index in [9.17, 15) is 0 Å². The van der Waals surface area contributed by atoms with Gasteiger partial charge in [-0.1, -0.05) is 182 Å². The minimum Gasteiger partial charge on any atom is -0.320 e. The molecule has 0 N–H and O–H groups in total. The minimum atomic E-state index is -0.476. The Kier molecular flexibility index (Phi) is 7.90. The summed E-state index contributed by atoms with van der Waals surface area (Å²) in [5, 5.41) is 2.50. The molecule has 3 heteroatoms. The molecule has 9 aromatic rings. The summed E-state index contributed by atoms with van der Waals surface area (Å²) in [6.07, 6.45) is 0. The Labute approximate surface area is 333 Å². The quantitative estimate of drug-likeness (QED) is 0.113. The van der Waals surface area contributed by atoms with Gasteiger partial charge in [-0.05, 0) is 86.9 Å². The topological polar surface area (TPSA) is 20.3 Å². The van der Waals surface area contributed by atoms with E-state index in [-0.39, 0.29) is 12.1 Å². The molecular formula is C54H41N3. The number of aliphatic imine (C=N–C) groups is 1. The van der Waals surface area contributed by atoms with Gasteiger partial charge in [0, 0.05) is 10.8 Å². The summed E-state index contributed by atoms with van der Waals surface area (Å²) in [4.78, 5) is 8.14. The van der Waals surface area contributed by atoms with Crippen LogP contribution in [0.25, 0.3) is 44.1 Å². The first-order valence-corrected chi connectivity index (χ1v) is 20.0. The first-order chi connectivity index (χ1) is 28.2. The van der Waals surface area contributed by atoms with Crippen molar-refractivity contribution < 1.29 is 0 Å². The average Bonchev–Trinajstić information content (AvgIpc) is 3.72. The fourth-order valence-electron chi connectivity index (χ4n) is 9.87. The van der Waals surface area contributed by atoms with Crippen LogP contribution >= 0.6 is 0 Å². The molecule has 2 aliphatic rings. The van der Waals surface area contributed by atoms with Gasteiger partial charge in [-0.25, -0.2) is 0 Å². The second-order valence-corrected chi connectivity index (χ2v) is 15.5. The molecule has 1 saturated heterocycles. The van der Waals surface area contributed by atoms with E-state index in [1.807, 2.05) is 0 Å². The lowest BCUT2D eigenvalue weighted by molar-refractivity contribution is 0.617. The van der Waals surface area contributed by atoms with Gasteiger partial charge in [0.05, 0.1) is 34.2 Å². The molecule has 11 rings (SSSR count). The van der Waals surface area contributed by atoms with Gasteiger partial charge < -0.3 is 4.57 Å². The zero-order chi connectivity index (χ0) is 37.9. The fourth-order valence-corrected chi connectivity index (χ4v) is 9.87. The third kappa shape index (κ3) is 5.27. The molecule has 0 saturated carbocycles. The summed E-state index contributed by atoms with van der Waals surface area (Å²) in [6, 6.07) is 75.9. The molecule has 1 fully saturated rings. The molecule has 2 heterocycles. The van der Waals surface area contributed by atoms with Crippen LogP contribution in [0.5, 0.6) is 0 Å². The highest BCUT2D eigenvalue weighted by molar-refractivity contribution is 6.11. The lowest BCUT2D eigenvalue weighted by Crippen LogP contribution is -2.28. The van der Waals surface area contributed by atoms with Crippen LogP contribution in [0.4, 0.5) is 0 Å². The number of rotatable bonds is 8. The van der Waals surface area contributed by atoms with Crippen LogP contribution in [-0.2, 0) is 12.1 Å². The van der Waals surface area contributed by atoms with Crippen LogP contribution in [0, 0.1) is 0 Å². The van der Waals surface area contributed by atoms with Gasteiger partial charge in [0.25, 0.3) is 0 Å². The second-order valence-electron chi connectivity index (χ2n) is 15.5. The predicted octanol–water partition coefficient (Wildman–Crippen LogP) is 12.3. The molecule has 0 amide bonds. The molecule has 57 heavy (non-hydrogen) atoms. The van der Waals surface area contributed by atoms with Crippen molar-refractivity contribution in [2.75, 3.05) is 7.05 Å². The van der Waals surface area contributed by atoms with Gasteiger partial charge in [0.15, 0.2) is 0 Å². The number of hydrogen-bond acceptors (Lipinski definition) is 2. The highest BCUT2D eigenvalue weighted by Gasteiger charge is 2.49. The summed E-state index contributed by atoms with van der Waals surface area (Å²) in [7, 11) is 2.23. The van der Waals surface area contributed by atoms with E-state index in [2.05, 4.69) is 223 Å². The molecule has 0 radical (unpaired) electrons. The summed E-state index contributed by atoms with van der Waals surface area (Å²) in [5.41, 5.74) is 15.7. The minimum absolute atomic E-state index is 0.161. The first kappa shape index (κ1) is 33.5. The smallest absolute Gasteiger partial charge is 0.115 e. The fraction of sp³-hybridized carbons (Fsp3) is 0.0926. The highest BCUT2D eigenvalue weighted by atomic mass is 15.3. The normalized spacial score (nSPS) is 18.1. The monoisotopic (exact) mass is 731 g/mol. The van der Waals surface area contributed by atoms with E-state index in [0.717, 1.165) is 11.3 Å². The maximum Gasteiger partial charge on any atom is 0.115 e. The maximum absolute atomic E-state index is 5.68. The highest BCUT2D eigenvalue weighted by Crippen LogP contribution is 2.57. The lowest BCUT2D eigenvalue weighted by Gasteiger charge is -2.34. The number of nitrogens with zero attached hydrogens (tertiary/aromatic N) is 3. The maximum atomic E-state index is 5.68. The van der Waals surface area contributed by atoms with Gasteiger partial charge >= 0.3 is 0 Å². The standard InChI is InChI=1S/C54H41N3/c1-56-52(38-21-8-3-9-22-38)53(56)51(40-24-18-23-39(33-40)37-19-6-2-7-20-37)55-36-57-49-32-17-15-30-44(49)46-34-45-43-29-14-16-31-47(43)54(48(45)35-50(46)57,41-25-10-4-11-26-41)42-27-12-5-13-28-42/h2-35,52-53H,36H2,1H3. The van der Waals surface area contributed by atoms with E-state index in [0.29, 0.717) is 6.67 Å².